The van der Waals surface area contributed by atoms with Crippen LogP contribution in [0.5, 0.6) is 0 Å². The number of hydrogen-bond acceptors (Lipinski definition) is 3. The maximum absolute atomic E-state index is 6.74. The molecule has 14 rings (SSSR count). The highest BCUT2D eigenvalue weighted by Crippen LogP contribution is 2.59. The van der Waals surface area contributed by atoms with E-state index in [1.54, 1.807) is 0 Å². The van der Waals surface area contributed by atoms with Gasteiger partial charge in [0.15, 0.2) is 0 Å². The van der Waals surface area contributed by atoms with Crippen LogP contribution in [0.1, 0.15) is 48.6 Å². The fourth-order valence-electron chi connectivity index (χ4n) is 12.1. The van der Waals surface area contributed by atoms with E-state index in [-0.39, 0.29) is 5.41 Å². The highest BCUT2D eigenvalue weighted by Gasteiger charge is 2.47. The van der Waals surface area contributed by atoms with Gasteiger partial charge in [0.2, 0.25) is 0 Å². The number of benzene rings is 11. The van der Waals surface area contributed by atoms with Crippen LogP contribution in [0.25, 0.3) is 88.4 Å². The minimum atomic E-state index is -0.649. The molecule has 0 N–H and O–H groups in total. The Bertz CT molecular complexity index is 4270. The lowest BCUT2D eigenvalue weighted by Gasteiger charge is -2.35. The minimum Gasteiger partial charge on any atom is -0.456 e. The summed E-state index contributed by atoms with van der Waals surface area (Å²) < 4.78 is 13.3. The molecule has 3 nitrogen and oxygen atoms in total. The van der Waals surface area contributed by atoms with Gasteiger partial charge in [0.25, 0.3) is 0 Å². The Morgan fingerprint density at radius 2 is 0.959 bits per heavy atom. The second-order valence-corrected chi connectivity index (χ2v) is 20.8. The lowest BCUT2D eigenvalue weighted by Crippen LogP contribution is -2.29. The van der Waals surface area contributed by atoms with Gasteiger partial charge >= 0.3 is 0 Å². The monoisotopic (exact) mass is 949 g/mol. The molecule has 0 radical (unpaired) electrons. The van der Waals surface area contributed by atoms with Crippen molar-refractivity contribution in [3.8, 4) is 44.5 Å². The van der Waals surface area contributed by atoms with Crippen molar-refractivity contribution < 1.29 is 8.83 Å². The first-order chi connectivity index (χ1) is 36.3. The Kier molecular flexibility index (Phi) is 10.00. The molecule has 0 bridgehead atoms. The summed E-state index contributed by atoms with van der Waals surface area (Å²) in [7, 11) is 0. The number of furan rings is 2. The maximum Gasteiger partial charge on any atom is 0.143 e. The van der Waals surface area contributed by atoms with E-state index in [4.69, 9.17) is 8.83 Å². The molecule has 0 aliphatic heterocycles. The molecule has 74 heavy (non-hydrogen) atoms. The van der Waals surface area contributed by atoms with Crippen LogP contribution in [0.15, 0.2) is 264 Å². The topological polar surface area (TPSA) is 29.5 Å². The van der Waals surface area contributed by atoms with Crippen molar-refractivity contribution in [1.29, 1.82) is 0 Å². The summed E-state index contributed by atoms with van der Waals surface area (Å²) in [5, 5.41) is 4.35. The standard InChI is InChI=1S/C71H51NO2/c1-70(2,3)50-39-34-47(35-40-50)55-26-16-30-62-67(55)59-25-10-12-29-61(59)71(62,51-20-8-5-9-21-51)52-22-14-23-54(45-52)72(53-41-36-48(37-42-53)56-27-15-28-58-57-24-11-13-32-64(57)74-69(56)58)63-31-17-33-66-68(63)60-44-49(38-43-65(60)73-66)46-18-6-4-7-19-46/h4-45H,1-3H3. The fraction of sp³-hybridized carbons (Fsp3) is 0.0704. The first-order valence-corrected chi connectivity index (χ1v) is 25.6. The normalized spacial score (nSPS) is 14.2. The van der Waals surface area contributed by atoms with Gasteiger partial charge in [-0.3, -0.25) is 0 Å². The van der Waals surface area contributed by atoms with E-state index in [0.29, 0.717) is 0 Å². The van der Waals surface area contributed by atoms with Crippen LogP contribution >= 0.6 is 0 Å². The third-order valence-corrected chi connectivity index (χ3v) is 15.5. The van der Waals surface area contributed by atoms with Crippen molar-refractivity contribution in [2.45, 2.75) is 31.6 Å². The number of anilines is 3. The zero-order valence-electron chi connectivity index (χ0n) is 41.5. The van der Waals surface area contributed by atoms with E-state index < -0.39 is 5.41 Å². The van der Waals surface area contributed by atoms with E-state index in [0.717, 1.165) is 83.2 Å². The quantitative estimate of drug-likeness (QED) is 0.152. The van der Waals surface area contributed by atoms with Crippen molar-refractivity contribution in [3.63, 3.8) is 0 Å². The van der Waals surface area contributed by atoms with Crippen LogP contribution in [0.4, 0.5) is 17.1 Å². The molecular weight excluding hydrogens is 899 g/mol. The smallest absolute Gasteiger partial charge is 0.143 e. The van der Waals surface area contributed by atoms with E-state index in [1.807, 2.05) is 12.1 Å². The van der Waals surface area contributed by atoms with Gasteiger partial charge in [-0.2, -0.15) is 0 Å². The van der Waals surface area contributed by atoms with E-state index >= 15 is 0 Å². The Morgan fingerprint density at radius 1 is 0.365 bits per heavy atom. The summed E-state index contributed by atoms with van der Waals surface area (Å²) in [5.41, 5.74) is 21.6. The summed E-state index contributed by atoms with van der Waals surface area (Å²) in [6, 6.07) is 93.0. The number of fused-ring (bicyclic) bond motifs is 9. The highest BCUT2D eigenvalue weighted by atomic mass is 16.3. The van der Waals surface area contributed by atoms with Crippen LogP contribution < -0.4 is 4.90 Å². The number of hydrogen-bond donors (Lipinski definition) is 0. The molecule has 3 heteroatoms. The molecule has 0 amide bonds. The molecule has 1 aliphatic rings. The zero-order valence-corrected chi connectivity index (χ0v) is 41.5. The Labute approximate surface area is 431 Å². The van der Waals surface area contributed by atoms with Crippen molar-refractivity contribution in [1.82, 2.24) is 0 Å². The average molecular weight is 950 g/mol. The van der Waals surface area contributed by atoms with Gasteiger partial charge in [0.05, 0.1) is 16.5 Å². The third-order valence-electron chi connectivity index (χ3n) is 15.5. The third kappa shape index (κ3) is 6.81. The van der Waals surface area contributed by atoms with Crippen LogP contribution in [-0.4, -0.2) is 0 Å². The molecule has 0 spiro atoms. The van der Waals surface area contributed by atoms with E-state index in [1.165, 1.54) is 50.1 Å². The lowest BCUT2D eigenvalue weighted by molar-refractivity contribution is 0.590. The zero-order chi connectivity index (χ0) is 49.5. The van der Waals surface area contributed by atoms with Crippen molar-refractivity contribution >= 4 is 60.9 Å². The molecule has 1 aliphatic carbocycles. The average Bonchev–Trinajstić information content (AvgIpc) is 4.13. The number of para-hydroxylation sites is 2. The minimum absolute atomic E-state index is 0.0542. The van der Waals surface area contributed by atoms with Crippen LogP contribution in [0, 0.1) is 0 Å². The molecule has 0 saturated carbocycles. The molecule has 352 valence electrons. The molecular formula is C71H51NO2. The van der Waals surface area contributed by atoms with Crippen molar-refractivity contribution in [2.75, 3.05) is 4.90 Å². The van der Waals surface area contributed by atoms with Gasteiger partial charge in [0.1, 0.15) is 22.3 Å². The second kappa shape index (κ2) is 17.0. The largest absolute Gasteiger partial charge is 0.456 e. The maximum atomic E-state index is 6.74. The number of nitrogens with zero attached hydrogens (tertiary/aromatic N) is 1. The van der Waals surface area contributed by atoms with Gasteiger partial charge in [-0.1, -0.05) is 221 Å². The van der Waals surface area contributed by atoms with Gasteiger partial charge < -0.3 is 13.7 Å². The molecule has 0 fully saturated rings. The Morgan fingerprint density at radius 3 is 1.78 bits per heavy atom. The van der Waals surface area contributed by atoms with Gasteiger partial charge in [0, 0.05) is 33.1 Å². The highest BCUT2D eigenvalue weighted by molar-refractivity contribution is 6.14. The number of rotatable bonds is 8. The molecule has 2 heterocycles. The summed E-state index contributed by atoms with van der Waals surface area (Å²) in [6.07, 6.45) is 0. The van der Waals surface area contributed by atoms with Crippen LogP contribution in [0.2, 0.25) is 0 Å². The molecule has 11 aromatic carbocycles. The van der Waals surface area contributed by atoms with Gasteiger partial charge in [-0.15, -0.1) is 0 Å². The summed E-state index contributed by atoms with van der Waals surface area (Å²) >= 11 is 0. The molecule has 1 atom stereocenters. The van der Waals surface area contributed by atoms with Crippen molar-refractivity contribution in [3.05, 3.63) is 283 Å². The van der Waals surface area contributed by atoms with Crippen LogP contribution in [0.3, 0.4) is 0 Å². The lowest BCUT2D eigenvalue weighted by atomic mass is 9.67. The predicted molar refractivity (Wildman–Crippen MR) is 308 cm³/mol. The van der Waals surface area contributed by atoms with Gasteiger partial charge in [-0.25, -0.2) is 0 Å². The first-order valence-electron chi connectivity index (χ1n) is 25.6. The van der Waals surface area contributed by atoms with Crippen LogP contribution in [-0.2, 0) is 10.8 Å². The molecule has 0 saturated heterocycles. The van der Waals surface area contributed by atoms with Gasteiger partial charge in [-0.05, 0) is 127 Å². The second-order valence-electron chi connectivity index (χ2n) is 20.8. The summed E-state index contributed by atoms with van der Waals surface area (Å²) in [5.74, 6) is 0. The molecule has 2 aromatic heterocycles. The Balaban J connectivity index is 0.998. The predicted octanol–water partition coefficient (Wildman–Crippen LogP) is 19.6. The Hall–Kier alpha value is -9.18. The van der Waals surface area contributed by atoms with E-state index in [2.05, 4.69) is 268 Å². The van der Waals surface area contributed by atoms with Crippen molar-refractivity contribution in [2.24, 2.45) is 0 Å². The SMILES string of the molecule is CC(C)(C)c1ccc(-c2cccc3c2-c2ccccc2C3(c2ccccc2)c2cccc(N(c3ccc(-c4cccc5c4oc4ccccc45)cc3)c3cccc4oc5ccc(-c6ccccc6)cc5c34)c2)cc1. The summed E-state index contributed by atoms with van der Waals surface area (Å²) in [4.78, 5) is 2.43. The molecule has 1 unspecified atom stereocenters. The fourth-order valence-corrected chi connectivity index (χ4v) is 12.1. The van der Waals surface area contributed by atoms with E-state index in [9.17, 15) is 0 Å². The molecule has 13 aromatic rings. The summed E-state index contributed by atoms with van der Waals surface area (Å²) in [6.45, 7) is 6.84. The first kappa shape index (κ1) is 43.6.